The first-order chi connectivity index (χ1) is 11.0. The Morgan fingerprint density at radius 2 is 1.38 bits per heavy atom. The van der Waals surface area contributed by atoms with Crippen molar-refractivity contribution >= 4 is 17.8 Å². The van der Waals surface area contributed by atoms with Crippen molar-refractivity contribution in [1.29, 1.82) is 0 Å². The van der Waals surface area contributed by atoms with Crippen LogP contribution in [0.25, 0.3) is 0 Å². The van der Waals surface area contributed by atoms with Crippen molar-refractivity contribution in [3.63, 3.8) is 0 Å². The van der Waals surface area contributed by atoms with Gasteiger partial charge >= 0.3 is 41.5 Å². The summed E-state index contributed by atoms with van der Waals surface area (Å²) >= 11 is 0. The predicted molar refractivity (Wildman–Crippen MR) is 89.4 cm³/mol. The Bertz CT molecular complexity index is 369. The van der Waals surface area contributed by atoms with Crippen LogP contribution in [0.1, 0.15) is 85.4 Å². The van der Waals surface area contributed by atoms with Crippen molar-refractivity contribution in [2.75, 3.05) is 0 Å². The first-order valence-electron chi connectivity index (χ1n) is 8.71. The van der Waals surface area contributed by atoms with Gasteiger partial charge in [0.1, 0.15) is 6.04 Å². The molecule has 0 aromatic carbocycles. The summed E-state index contributed by atoms with van der Waals surface area (Å²) in [4.78, 5) is 33.1. The average molecular weight is 353 g/mol. The third-order valence-corrected chi connectivity index (χ3v) is 3.79. The molecule has 136 valence electrons. The van der Waals surface area contributed by atoms with Crippen LogP contribution in [0.3, 0.4) is 0 Å². The number of carboxylic acid groups (broad SMARTS) is 2. The van der Waals surface area contributed by atoms with Gasteiger partial charge in [-0.2, -0.15) is 0 Å². The van der Waals surface area contributed by atoms with E-state index in [1.807, 2.05) is 0 Å². The second kappa shape index (κ2) is 17.2. The van der Waals surface area contributed by atoms with E-state index in [-0.39, 0.29) is 49.7 Å². The number of nitrogens with one attached hydrogen (secondary N) is 1. The van der Waals surface area contributed by atoms with E-state index in [2.05, 4.69) is 12.2 Å². The van der Waals surface area contributed by atoms with Gasteiger partial charge in [0.25, 0.3) is 0 Å². The Kier molecular flexibility index (Phi) is 18.4. The van der Waals surface area contributed by atoms with Crippen molar-refractivity contribution in [3.05, 3.63) is 0 Å². The minimum absolute atomic E-state index is 0. The molecular formula is C17H32NNaO5. The molecule has 0 rings (SSSR count). The molecule has 0 fully saturated rings. The normalized spacial score (nSPS) is 11.4. The van der Waals surface area contributed by atoms with Crippen molar-refractivity contribution in [3.8, 4) is 0 Å². The molecule has 0 aliphatic rings. The molecule has 0 aliphatic heterocycles. The monoisotopic (exact) mass is 353 g/mol. The topological polar surface area (TPSA) is 104 Å². The molecule has 0 saturated heterocycles. The Hall–Kier alpha value is -0.590. The summed E-state index contributed by atoms with van der Waals surface area (Å²) in [6, 6.07) is -1.11. The number of carbonyl (C=O) groups excluding carboxylic acids is 1. The molecule has 6 nitrogen and oxygen atoms in total. The minimum atomic E-state index is -1.19. The Morgan fingerprint density at radius 1 is 0.875 bits per heavy atom. The summed E-state index contributed by atoms with van der Waals surface area (Å²) in [5.41, 5.74) is 0. The standard InChI is InChI=1S/C17H31NO5.Na.H/c1-2-3-4-5-6-7-8-9-10-11-15(19)18-14(17(22)23)12-13-16(20)21;;/h14H,2-13H2,1H3,(H,18,19)(H,20,21)(H,22,23);;/q;+1;-1/t14-;;/m0../s1. The molecule has 7 heteroatoms. The molecular weight excluding hydrogens is 321 g/mol. The second-order valence-electron chi connectivity index (χ2n) is 5.97. The fraction of sp³-hybridized carbons (Fsp3) is 0.824. The second-order valence-corrected chi connectivity index (χ2v) is 5.97. The van der Waals surface area contributed by atoms with E-state index in [0.29, 0.717) is 6.42 Å². The molecule has 1 atom stereocenters. The van der Waals surface area contributed by atoms with Gasteiger partial charge in [-0.3, -0.25) is 9.59 Å². The molecule has 0 unspecified atom stereocenters. The molecule has 0 radical (unpaired) electrons. The smallest absolute Gasteiger partial charge is 1.00 e. The third-order valence-electron chi connectivity index (χ3n) is 3.79. The first-order valence-corrected chi connectivity index (χ1v) is 8.71. The van der Waals surface area contributed by atoms with Crippen LogP contribution in [-0.2, 0) is 14.4 Å². The van der Waals surface area contributed by atoms with E-state index in [1.54, 1.807) is 0 Å². The van der Waals surface area contributed by atoms with Gasteiger partial charge in [-0.15, -0.1) is 0 Å². The van der Waals surface area contributed by atoms with E-state index in [9.17, 15) is 14.4 Å². The Balaban J connectivity index is -0.00000242. The summed E-state index contributed by atoms with van der Waals surface area (Å²) in [7, 11) is 0. The van der Waals surface area contributed by atoms with Gasteiger partial charge in [-0.1, -0.05) is 58.3 Å². The molecule has 0 aliphatic carbocycles. The molecule has 1 amide bonds. The number of hydrogen-bond acceptors (Lipinski definition) is 3. The quantitative estimate of drug-likeness (QED) is 0.293. The SMILES string of the molecule is CCCCCCCCCCCC(=O)N[C@@H](CCC(=O)O)C(=O)O.[H-].[Na+]. The molecule has 0 saturated carbocycles. The van der Waals surface area contributed by atoms with Crippen LogP contribution in [-0.4, -0.2) is 34.1 Å². The molecule has 0 aromatic rings. The minimum Gasteiger partial charge on any atom is -1.00 e. The van der Waals surface area contributed by atoms with E-state index < -0.39 is 18.0 Å². The van der Waals surface area contributed by atoms with Crippen LogP contribution in [0.15, 0.2) is 0 Å². The maximum atomic E-state index is 11.7. The number of hydrogen-bond donors (Lipinski definition) is 3. The van der Waals surface area contributed by atoms with Gasteiger partial charge in [0.15, 0.2) is 0 Å². The number of amides is 1. The molecule has 0 bridgehead atoms. The van der Waals surface area contributed by atoms with Crippen LogP contribution in [0.4, 0.5) is 0 Å². The van der Waals surface area contributed by atoms with Gasteiger partial charge in [-0.05, 0) is 12.8 Å². The Morgan fingerprint density at radius 3 is 1.83 bits per heavy atom. The van der Waals surface area contributed by atoms with Gasteiger partial charge in [0.2, 0.25) is 5.91 Å². The Labute approximate surface area is 168 Å². The zero-order valence-electron chi connectivity index (χ0n) is 16.2. The van der Waals surface area contributed by atoms with Crippen molar-refractivity contribution in [1.82, 2.24) is 5.32 Å². The van der Waals surface area contributed by atoms with Crippen LogP contribution in [0.5, 0.6) is 0 Å². The number of unbranched alkanes of at least 4 members (excludes halogenated alkanes) is 8. The number of aliphatic carboxylic acids is 2. The van der Waals surface area contributed by atoms with Crippen molar-refractivity contribution in [2.45, 2.75) is 90.0 Å². The van der Waals surface area contributed by atoms with E-state index in [4.69, 9.17) is 10.2 Å². The van der Waals surface area contributed by atoms with Gasteiger partial charge in [0.05, 0.1) is 0 Å². The summed E-state index contributed by atoms with van der Waals surface area (Å²) in [5, 5.41) is 19.9. The van der Waals surface area contributed by atoms with Gasteiger partial charge in [0, 0.05) is 12.8 Å². The maximum absolute atomic E-state index is 11.7. The maximum Gasteiger partial charge on any atom is 1.00 e. The fourth-order valence-corrected chi connectivity index (χ4v) is 2.39. The number of carboxylic acids is 2. The molecule has 24 heavy (non-hydrogen) atoms. The molecule has 0 aromatic heterocycles. The zero-order chi connectivity index (χ0) is 17.5. The van der Waals surface area contributed by atoms with Crippen LogP contribution in [0.2, 0.25) is 0 Å². The largest absolute Gasteiger partial charge is 1.00 e. The van der Waals surface area contributed by atoms with E-state index in [0.717, 1.165) is 19.3 Å². The molecule has 0 spiro atoms. The number of carbonyl (C=O) groups is 3. The van der Waals surface area contributed by atoms with E-state index in [1.165, 1.54) is 38.5 Å². The van der Waals surface area contributed by atoms with Gasteiger partial charge in [-0.25, -0.2) is 4.79 Å². The van der Waals surface area contributed by atoms with Crippen molar-refractivity contribution < 1.29 is 55.6 Å². The third kappa shape index (κ3) is 16.3. The summed E-state index contributed by atoms with van der Waals surface area (Å²) in [6.45, 7) is 2.20. The number of rotatable bonds is 15. The van der Waals surface area contributed by atoms with Gasteiger partial charge < -0.3 is 17.0 Å². The summed E-state index contributed by atoms with van der Waals surface area (Å²) in [6.07, 6.45) is 10.3. The van der Waals surface area contributed by atoms with E-state index >= 15 is 0 Å². The summed E-state index contributed by atoms with van der Waals surface area (Å²) < 4.78 is 0. The fourth-order valence-electron chi connectivity index (χ4n) is 2.39. The molecule has 0 heterocycles. The molecule has 3 N–H and O–H groups in total. The predicted octanol–water partition coefficient (Wildman–Crippen LogP) is 0.458. The van der Waals surface area contributed by atoms with Crippen LogP contribution >= 0.6 is 0 Å². The zero-order valence-corrected chi connectivity index (χ0v) is 17.2. The van der Waals surface area contributed by atoms with Crippen molar-refractivity contribution in [2.24, 2.45) is 0 Å². The average Bonchev–Trinajstić information content (AvgIpc) is 2.49. The van der Waals surface area contributed by atoms with Crippen LogP contribution in [0, 0.1) is 0 Å². The first kappa shape index (κ1) is 25.6. The summed E-state index contributed by atoms with van der Waals surface area (Å²) in [5.74, 6) is -2.57. The van der Waals surface area contributed by atoms with Crippen LogP contribution < -0.4 is 34.9 Å².